The molecule has 1 aliphatic carbocycles. The zero-order valence-corrected chi connectivity index (χ0v) is 17.5. The summed E-state index contributed by atoms with van der Waals surface area (Å²) in [6, 6.07) is 15.0. The number of ketones is 1. The van der Waals surface area contributed by atoms with Crippen LogP contribution in [0, 0.1) is 5.92 Å². The first-order chi connectivity index (χ1) is 15.6. The monoisotopic (exact) mass is 426 g/mol. The van der Waals surface area contributed by atoms with E-state index in [4.69, 9.17) is 0 Å². The van der Waals surface area contributed by atoms with Crippen molar-refractivity contribution in [2.24, 2.45) is 5.92 Å². The highest BCUT2D eigenvalue weighted by Crippen LogP contribution is 2.40. The molecule has 1 atom stereocenters. The number of pyridine rings is 1. The third kappa shape index (κ3) is 3.66. The number of aryl methyl sites for hydroxylation is 1. The Balaban J connectivity index is 1.55. The number of amides is 1. The van der Waals surface area contributed by atoms with Crippen LogP contribution in [0.3, 0.4) is 0 Å². The molecule has 1 aromatic carbocycles. The van der Waals surface area contributed by atoms with Crippen molar-refractivity contribution in [1.82, 2.24) is 20.2 Å². The molecule has 0 aliphatic heterocycles. The molecular weight excluding hydrogens is 404 g/mol. The van der Waals surface area contributed by atoms with Gasteiger partial charge in [-0.25, -0.2) is 4.98 Å². The second kappa shape index (κ2) is 8.14. The molecule has 160 valence electrons. The third-order valence-corrected chi connectivity index (χ3v) is 5.68. The Kier molecular flexibility index (Phi) is 5.03. The molecule has 4 N–H and O–H groups in total. The number of hydrogen-bond donors (Lipinski definition) is 4. The number of para-hydroxylation sites is 1. The van der Waals surface area contributed by atoms with E-state index in [1.165, 1.54) is 6.20 Å². The Hall–Kier alpha value is -4.20. The molecule has 0 saturated heterocycles. The molecule has 0 fully saturated rings. The van der Waals surface area contributed by atoms with Crippen molar-refractivity contribution in [2.75, 3.05) is 10.6 Å². The van der Waals surface area contributed by atoms with E-state index in [9.17, 15) is 9.59 Å². The van der Waals surface area contributed by atoms with Gasteiger partial charge in [-0.05, 0) is 43.2 Å². The highest BCUT2D eigenvalue weighted by molar-refractivity contribution is 6.08. The van der Waals surface area contributed by atoms with Crippen molar-refractivity contribution in [3.8, 4) is 11.3 Å². The van der Waals surface area contributed by atoms with Crippen LogP contribution in [0.25, 0.3) is 11.3 Å². The number of nitrogens with zero attached hydrogens (tertiary/aromatic N) is 2. The van der Waals surface area contributed by atoms with Gasteiger partial charge in [-0.15, -0.1) is 0 Å². The molecule has 0 spiro atoms. The van der Waals surface area contributed by atoms with Crippen LogP contribution in [-0.4, -0.2) is 31.9 Å². The van der Waals surface area contributed by atoms with E-state index in [2.05, 4.69) is 30.8 Å². The lowest BCUT2D eigenvalue weighted by molar-refractivity contribution is 0.0914. The molecule has 4 aromatic rings. The van der Waals surface area contributed by atoms with Gasteiger partial charge in [-0.2, -0.15) is 5.10 Å². The second-order valence-electron chi connectivity index (χ2n) is 7.88. The first-order valence-electron chi connectivity index (χ1n) is 10.5. The summed E-state index contributed by atoms with van der Waals surface area (Å²) in [6.45, 7) is 1.97. The molecule has 8 nitrogen and oxygen atoms in total. The van der Waals surface area contributed by atoms with Gasteiger partial charge in [0.15, 0.2) is 5.78 Å². The number of anilines is 3. The minimum Gasteiger partial charge on any atom is -0.356 e. The zero-order chi connectivity index (χ0) is 22.1. The molecule has 5 rings (SSSR count). The predicted molar refractivity (Wildman–Crippen MR) is 122 cm³/mol. The number of carbonyl (C=O) groups excluding carboxylic acids is 2. The first-order valence-corrected chi connectivity index (χ1v) is 10.5. The van der Waals surface area contributed by atoms with Crippen LogP contribution < -0.4 is 10.6 Å². The first kappa shape index (κ1) is 19.7. The number of fused-ring (bicyclic) bond motifs is 1. The minimum atomic E-state index is -0.329. The van der Waals surface area contributed by atoms with Crippen molar-refractivity contribution in [3.05, 3.63) is 77.9 Å². The lowest BCUT2D eigenvalue weighted by Gasteiger charge is -2.18. The Bertz CT molecular complexity index is 1280. The number of carbonyl (C=O) groups is 2. The van der Waals surface area contributed by atoms with E-state index in [0.717, 1.165) is 41.2 Å². The normalized spacial score (nSPS) is 15.3. The number of aromatic nitrogens is 4. The van der Waals surface area contributed by atoms with Crippen LogP contribution in [0.4, 0.5) is 17.2 Å². The maximum absolute atomic E-state index is 13.1. The summed E-state index contributed by atoms with van der Waals surface area (Å²) in [7, 11) is 0. The molecule has 8 heteroatoms. The Morgan fingerprint density at radius 2 is 1.97 bits per heavy atom. The average molecular weight is 426 g/mol. The molecule has 0 bridgehead atoms. The van der Waals surface area contributed by atoms with Crippen molar-refractivity contribution < 1.29 is 9.59 Å². The molecule has 3 heterocycles. The summed E-state index contributed by atoms with van der Waals surface area (Å²) in [5.74, 6) is 0.183. The van der Waals surface area contributed by atoms with Crippen LogP contribution in [0.15, 0.2) is 60.9 Å². The third-order valence-electron chi connectivity index (χ3n) is 5.68. The van der Waals surface area contributed by atoms with Gasteiger partial charge in [-0.1, -0.05) is 25.1 Å². The van der Waals surface area contributed by atoms with E-state index in [-0.39, 0.29) is 17.6 Å². The molecule has 1 unspecified atom stereocenters. The van der Waals surface area contributed by atoms with Gasteiger partial charge in [0.2, 0.25) is 0 Å². The number of rotatable bonds is 5. The fourth-order valence-electron chi connectivity index (χ4n) is 3.98. The van der Waals surface area contributed by atoms with Crippen LogP contribution >= 0.6 is 0 Å². The molecule has 1 aliphatic rings. The summed E-state index contributed by atoms with van der Waals surface area (Å²) in [6.07, 6.45) is 4.77. The van der Waals surface area contributed by atoms with Gasteiger partial charge in [0.05, 0.1) is 16.9 Å². The standard InChI is InChI=1S/C24H22N6O2/c1-14-7-8-17-20(23(14)31)22(27-16-5-3-2-4-6-16)21(28-17)15-9-11-25-19(13-15)29-24(32)18-10-12-26-30-18/h2-6,9-14,27-28H,7-8H2,1H3,(H,26,30)(H,25,29,32). The number of Topliss-reactive ketones (excluding diaryl/α,β-unsaturated/α-hetero) is 1. The predicted octanol–water partition coefficient (Wildman–Crippen LogP) is 4.56. The smallest absolute Gasteiger partial charge is 0.274 e. The quantitative estimate of drug-likeness (QED) is 0.373. The van der Waals surface area contributed by atoms with Gasteiger partial charge < -0.3 is 15.6 Å². The highest BCUT2D eigenvalue weighted by atomic mass is 16.2. The van der Waals surface area contributed by atoms with Crippen molar-refractivity contribution >= 4 is 28.9 Å². The van der Waals surface area contributed by atoms with Gasteiger partial charge >= 0.3 is 0 Å². The number of nitrogens with one attached hydrogen (secondary N) is 4. The molecular formula is C24H22N6O2. The molecule has 3 aromatic heterocycles. The van der Waals surface area contributed by atoms with Gasteiger partial charge in [0, 0.05) is 35.3 Å². The number of benzene rings is 1. The Morgan fingerprint density at radius 3 is 2.75 bits per heavy atom. The topological polar surface area (TPSA) is 116 Å². The average Bonchev–Trinajstić information content (AvgIpc) is 3.46. The van der Waals surface area contributed by atoms with Crippen LogP contribution in [0.5, 0.6) is 0 Å². The van der Waals surface area contributed by atoms with Crippen LogP contribution in [-0.2, 0) is 6.42 Å². The second-order valence-corrected chi connectivity index (χ2v) is 7.88. The maximum Gasteiger partial charge on any atom is 0.274 e. The summed E-state index contributed by atoms with van der Waals surface area (Å²) in [5.41, 5.74) is 5.24. The fraction of sp³-hybridized carbons (Fsp3) is 0.167. The minimum absolute atomic E-state index is 0.0239. The summed E-state index contributed by atoms with van der Waals surface area (Å²) >= 11 is 0. The highest BCUT2D eigenvalue weighted by Gasteiger charge is 2.31. The van der Waals surface area contributed by atoms with Gasteiger partial charge in [0.1, 0.15) is 11.5 Å². The van der Waals surface area contributed by atoms with E-state index < -0.39 is 0 Å². The lowest BCUT2D eigenvalue weighted by atomic mass is 9.87. The van der Waals surface area contributed by atoms with E-state index in [1.807, 2.05) is 43.3 Å². The van der Waals surface area contributed by atoms with Crippen LogP contribution in [0.1, 0.15) is 39.9 Å². The summed E-state index contributed by atoms with van der Waals surface area (Å²) in [5, 5.41) is 12.7. The fourth-order valence-corrected chi connectivity index (χ4v) is 3.98. The van der Waals surface area contributed by atoms with E-state index >= 15 is 0 Å². The molecule has 0 radical (unpaired) electrons. The van der Waals surface area contributed by atoms with Gasteiger partial charge in [0.25, 0.3) is 5.91 Å². The van der Waals surface area contributed by atoms with Crippen molar-refractivity contribution in [1.29, 1.82) is 0 Å². The van der Waals surface area contributed by atoms with E-state index in [0.29, 0.717) is 17.1 Å². The Morgan fingerprint density at radius 1 is 1.12 bits per heavy atom. The van der Waals surface area contributed by atoms with Crippen LogP contribution in [0.2, 0.25) is 0 Å². The van der Waals surface area contributed by atoms with E-state index in [1.54, 1.807) is 18.3 Å². The molecule has 0 saturated carbocycles. The zero-order valence-electron chi connectivity index (χ0n) is 17.5. The number of aromatic amines is 2. The van der Waals surface area contributed by atoms with Crippen molar-refractivity contribution in [3.63, 3.8) is 0 Å². The summed E-state index contributed by atoms with van der Waals surface area (Å²) < 4.78 is 0. The summed E-state index contributed by atoms with van der Waals surface area (Å²) in [4.78, 5) is 33.2. The van der Waals surface area contributed by atoms with Gasteiger partial charge in [-0.3, -0.25) is 14.7 Å². The van der Waals surface area contributed by atoms with Crippen molar-refractivity contribution in [2.45, 2.75) is 19.8 Å². The molecule has 32 heavy (non-hydrogen) atoms. The number of hydrogen-bond acceptors (Lipinski definition) is 5. The SMILES string of the molecule is CC1CCc2[nH]c(-c3ccnc(NC(=O)c4ccn[nH]4)c3)c(Nc3ccccc3)c2C1=O. The Labute approximate surface area is 184 Å². The maximum atomic E-state index is 13.1. The molecule has 1 amide bonds. The number of H-pyrrole nitrogens is 2. The largest absolute Gasteiger partial charge is 0.356 e. The lowest BCUT2D eigenvalue weighted by Crippen LogP contribution is -2.20.